The molecule has 0 atom stereocenters. The number of pyridine rings is 1. The Hall–Kier alpha value is -2.98. The molecule has 5 rings (SSSR count). The van der Waals surface area contributed by atoms with Crippen molar-refractivity contribution in [1.29, 1.82) is 0 Å². The van der Waals surface area contributed by atoms with E-state index in [4.69, 9.17) is 28.2 Å². The largest absolute Gasteiger partial charge is 0.351 e. The number of rotatable bonds is 8. The van der Waals surface area contributed by atoms with Crippen LogP contribution in [0.4, 0.5) is 11.8 Å². The van der Waals surface area contributed by atoms with Crippen LogP contribution >= 0.6 is 23.2 Å². The highest BCUT2D eigenvalue weighted by Crippen LogP contribution is 2.33. The Morgan fingerprint density at radius 3 is 2.46 bits per heavy atom. The number of fused-ring (bicyclic) bond motifs is 1. The molecular weight excluding hydrogens is 579 g/mol. The summed E-state index contributed by atoms with van der Waals surface area (Å²) in [7, 11) is 0.326. The lowest BCUT2D eigenvalue weighted by atomic mass is 9.90. The van der Waals surface area contributed by atoms with Crippen LogP contribution in [-0.2, 0) is 16.4 Å². The first-order chi connectivity index (χ1) is 19.6. The molecule has 2 heterocycles. The zero-order valence-electron chi connectivity index (χ0n) is 23.6. The first-order valence-electron chi connectivity index (χ1n) is 13.7. The quantitative estimate of drug-likeness (QED) is 0.222. The fourth-order valence-corrected chi connectivity index (χ4v) is 7.20. The lowest BCUT2D eigenvalue weighted by molar-refractivity contribution is 0.221. The molecule has 0 unspecified atom stereocenters. The van der Waals surface area contributed by atoms with E-state index in [0.717, 1.165) is 46.9 Å². The molecule has 1 aliphatic carbocycles. The summed E-state index contributed by atoms with van der Waals surface area (Å²) in [6.07, 6.45) is 7.23. The number of nitrogens with zero attached hydrogens (tertiary/aromatic N) is 4. The number of benzene rings is 2. The van der Waals surface area contributed by atoms with Crippen LogP contribution in [0.5, 0.6) is 0 Å². The lowest BCUT2D eigenvalue weighted by Gasteiger charge is -2.33. The zero-order valence-corrected chi connectivity index (χ0v) is 25.9. The average Bonchev–Trinajstić information content (AvgIpc) is 2.94. The van der Waals surface area contributed by atoms with Gasteiger partial charge in [0, 0.05) is 34.9 Å². The predicted molar refractivity (Wildman–Crippen MR) is 168 cm³/mol. The van der Waals surface area contributed by atoms with E-state index in [1.165, 1.54) is 31.0 Å². The molecule has 0 amide bonds. The fraction of sp³-hybridized carbons (Fsp3) is 0.367. The van der Waals surface area contributed by atoms with Gasteiger partial charge in [-0.3, -0.25) is 4.72 Å². The minimum Gasteiger partial charge on any atom is -0.351 e. The van der Waals surface area contributed by atoms with Crippen molar-refractivity contribution in [2.75, 3.05) is 24.1 Å². The van der Waals surface area contributed by atoms with Crippen molar-refractivity contribution >= 4 is 55.9 Å². The summed E-state index contributed by atoms with van der Waals surface area (Å²) >= 11 is 12.2. The summed E-state index contributed by atoms with van der Waals surface area (Å²) in [6, 6.07) is 13.2. The van der Waals surface area contributed by atoms with Gasteiger partial charge in [-0.05, 0) is 101 Å². The van der Waals surface area contributed by atoms with Crippen molar-refractivity contribution in [3.63, 3.8) is 0 Å². The highest BCUT2D eigenvalue weighted by atomic mass is 35.5. The molecular formula is C30H34Cl2N6O2S. The molecule has 0 radical (unpaired) electrons. The smallest absolute Gasteiger partial charge is 0.264 e. The fourth-order valence-electron chi connectivity index (χ4n) is 5.44. The van der Waals surface area contributed by atoms with E-state index < -0.39 is 10.0 Å². The minimum absolute atomic E-state index is 0.0319. The van der Waals surface area contributed by atoms with E-state index in [-0.39, 0.29) is 20.8 Å². The van der Waals surface area contributed by atoms with Gasteiger partial charge in [-0.15, -0.1) is 0 Å². The van der Waals surface area contributed by atoms with Crippen molar-refractivity contribution in [1.82, 2.24) is 19.9 Å². The van der Waals surface area contributed by atoms with E-state index in [1.807, 2.05) is 19.2 Å². The Kier molecular flexibility index (Phi) is 8.70. The summed E-state index contributed by atoms with van der Waals surface area (Å²) in [5, 5.41) is 4.64. The number of hydrogen-bond donors (Lipinski definition) is 2. The van der Waals surface area contributed by atoms with Crippen molar-refractivity contribution in [3.05, 3.63) is 70.0 Å². The number of sulfonamides is 1. The van der Waals surface area contributed by atoms with Crippen LogP contribution in [-0.4, -0.2) is 54.4 Å². The minimum atomic E-state index is -3.98. The van der Waals surface area contributed by atoms with Gasteiger partial charge in [0.05, 0.1) is 15.6 Å². The number of halogens is 2. The Labute approximate surface area is 251 Å². The number of aromatic nitrogens is 3. The first-order valence-corrected chi connectivity index (χ1v) is 16.0. The van der Waals surface area contributed by atoms with Crippen LogP contribution in [0.1, 0.15) is 43.9 Å². The average molecular weight is 614 g/mol. The van der Waals surface area contributed by atoms with Gasteiger partial charge in [-0.1, -0.05) is 36.2 Å². The topological polar surface area (TPSA) is 100 Å². The van der Waals surface area contributed by atoms with Crippen LogP contribution in [0.25, 0.3) is 22.0 Å². The molecule has 0 saturated heterocycles. The second-order valence-electron chi connectivity index (χ2n) is 10.7. The zero-order chi connectivity index (χ0) is 29.3. The molecule has 1 fully saturated rings. The maximum absolute atomic E-state index is 13.0. The Bertz CT molecular complexity index is 1690. The molecule has 0 aliphatic heterocycles. The third-order valence-corrected chi connectivity index (χ3v) is 10.1. The Balaban J connectivity index is 1.38. The van der Waals surface area contributed by atoms with Crippen molar-refractivity contribution in [2.45, 2.75) is 62.9 Å². The number of nitrogens with one attached hydrogen (secondary N) is 2. The van der Waals surface area contributed by atoms with Crippen molar-refractivity contribution in [2.24, 2.45) is 0 Å². The molecule has 2 aromatic heterocycles. The summed E-state index contributed by atoms with van der Waals surface area (Å²) in [5.41, 5.74) is 4.59. The second-order valence-corrected chi connectivity index (χ2v) is 13.2. The summed E-state index contributed by atoms with van der Waals surface area (Å²) in [5.74, 6) is 0.861. The normalized spacial score (nSPS) is 17.6. The molecule has 2 N–H and O–H groups in total. The van der Waals surface area contributed by atoms with Gasteiger partial charge in [0.2, 0.25) is 5.95 Å². The highest BCUT2D eigenvalue weighted by molar-refractivity contribution is 7.92. The predicted octanol–water partition coefficient (Wildman–Crippen LogP) is 6.95. The van der Waals surface area contributed by atoms with E-state index in [9.17, 15) is 8.42 Å². The summed E-state index contributed by atoms with van der Waals surface area (Å²) in [4.78, 5) is 16.3. The first kappa shape index (κ1) is 29.5. The van der Waals surface area contributed by atoms with Crippen LogP contribution < -0.4 is 10.0 Å². The molecule has 216 valence electrons. The molecule has 0 bridgehead atoms. The molecule has 2 aromatic carbocycles. The van der Waals surface area contributed by atoms with E-state index in [2.05, 4.69) is 58.1 Å². The third kappa shape index (κ3) is 6.43. The van der Waals surface area contributed by atoms with Gasteiger partial charge in [0.25, 0.3) is 10.0 Å². The van der Waals surface area contributed by atoms with E-state index >= 15 is 0 Å². The van der Waals surface area contributed by atoms with Crippen LogP contribution in [0.2, 0.25) is 10.0 Å². The van der Waals surface area contributed by atoms with Gasteiger partial charge in [-0.25, -0.2) is 23.4 Å². The molecule has 11 heteroatoms. The van der Waals surface area contributed by atoms with Gasteiger partial charge in [-0.2, -0.15) is 0 Å². The monoisotopic (exact) mass is 612 g/mol. The van der Waals surface area contributed by atoms with E-state index in [0.29, 0.717) is 23.7 Å². The van der Waals surface area contributed by atoms with Crippen LogP contribution in [0.15, 0.2) is 53.6 Å². The van der Waals surface area contributed by atoms with Crippen LogP contribution in [0.3, 0.4) is 0 Å². The summed E-state index contributed by atoms with van der Waals surface area (Å²) in [6.45, 7) is 3.96. The van der Waals surface area contributed by atoms with E-state index in [1.54, 1.807) is 6.07 Å². The third-order valence-electron chi connectivity index (χ3n) is 7.74. The Morgan fingerprint density at radius 1 is 1.02 bits per heavy atom. The molecule has 0 spiro atoms. The van der Waals surface area contributed by atoms with Crippen LogP contribution in [0, 0.1) is 6.92 Å². The number of anilines is 2. The highest BCUT2D eigenvalue weighted by Gasteiger charge is 2.23. The van der Waals surface area contributed by atoms with Gasteiger partial charge < -0.3 is 10.2 Å². The maximum atomic E-state index is 13.0. The number of aryl methyl sites for hydroxylation is 2. The van der Waals surface area contributed by atoms with Gasteiger partial charge in [0.1, 0.15) is 10.7 Å². The molecule has 8 nitrogen and oxygen atoms in total. The van der Waals surface area contributed by atoms with Gasteiger partial charge >= 0.3 is 0 Å². The van der Waals surface area contributed by atoms with Crippen molar-refractivity contribution < 1.29 is 8.42 Å². The lowest BCUT2D eigenvalue weighted by Crippen LogP contribution is -2.36. The maximum Gasteiger partial charge on any atom is 0.264 e. The summed E-state index contributed by atoms with van der Waals surface area (Å²) < 4.78 is 28.4. The standard InChI is InChI=1S/C30H34Cl2N6O2S/c1-5-19-15-20(16-21-17-33-30(36-29(19)21)35-22-9-11-23(12-10-22)38(3)4)24-13-14-27(34-18(24)2)37-41(39,40)26-8-6-7-25(31)28(26)32/h6-8,13-17,22-23H,5,9-12H2,1-4H3,(H,34,37)(H,33,35,36)/t22-,23-. The van der Waals surface area contributed by atoms with Crippen molar-refractivity contribution in [3.8, 4) is 11.1 Å². The SMILES string of the molecule is CCc1cc(-c2ccc(NS(=O)(=O)c3cccc(Cl)c3Cl)nc2C)cc2cnc(N[C@H]3CC[C@H](N(C)C)CC3)nc12. The Morgan fingerprint density at radius 2 is 1.78 bits per heavy atom. The van der Waals surface area contributed by atoms with Gasteiger partial charge in [0.15, 0.2) is 0 Å². The molecule has 41 heavy (non-hydrogen) atoms. The molecule has 1 saturated carbocycles. The second kappa shape index (κ2) is 12.1. The number of hydrogen-bond acceptors (Lipinski definition) is 7. The molecule has 1 aliphatic rings. The molecule has 4 aromatic rings.